The van der Waals surface area contributed by atoms with Crippen LogP contribution >= 0.6 is 0 Å². The summed E-state index contributed by atoms with van der Waals surface area (Å²) in [4.78, 5) is 9.98. The zero-order valence-corrected chi connectivity index (χ0v) is 8.55. The van der Waals surface area contributed by atoms with E-state index < -0.39 is 6.16 Å². The molecule has 1 N–H and O–H groups in total. The molecule has 0 aromatic carbocycles. The van der Waals surface area contributed by atoms with Crippen LogP contribution in [0.25, 0.3) is 0 Å². The van der Waals surface area contributed by atoms with Crippen LogP contribution in [0.5, 0.6) is 0 Å². The Labute approximate surface area is 79.1 Å². The van der Waals surface area contributed by atoms with Crippen LogP contribution in [-0.2, 0) is 4.74 Å². The first kappa shape index (κ1) is 11.8. The van der Waals surface area contributed by atoms with Crippen molar-refractivity contribution in [1.29, 1.82) is 0 Å². The van der Waals surface area contributed by atoms with E-state index in [1.54, 1.807) is 0 Å². The molecule has 0 aliphatic rings. The van der Waals surface area contributed by atoms with Gasteiger partial charge in [0.25, 0.3) is 0 Å². The molecule has 0 aromatic heterocycles. The molecule has 13 heavy (non-hydrogen) atoms. The van der Waals surface area contributed by atoms with Crippen molar-refractivity contribution < 1.29 is 14.6 Å². The van der Waals surface area contributed by atoms with E-state index in [0.717, 1.165) is 6.42 Å². The summed E-state index contributed by atoms with van der Waals surface area (Å²) in [6, 6.07) is 0. The van der Waals surface area contributed by atoms with Crippen molar-refractivity contribution in [2.45, 2.75) is 34.1 Å². The highest BCUT2D eigenvalue weighted by molar-refractivity contribution is 5.58. The summed E-state index contributed by atoms with van der Waals surface area (Å²) in [5.41, 5.74) is -0.191. The molecule has 0 atom stereocenters. The zero-order chi connectivity index (χ0) is 10.5. The van der Waals surface area contributed by atoms with Gasteiger partial charge in [0.2, 0.25) is 0 Å². The molecule has 0 aliphatic heterocycles. The molecule has 0 saturated carbocycles. The van der Waals surface area contributed by atoms with Crippen LogP contribution in [0.4, 0.5) is 4.79 Å². The van der Waals surface area contributed by atoms with Crippen molar-refractivity contribution in [3.05, 3.63) is 0 Å². The molecule has 74 valence electrons. The molecule has 0 radical (unpaired) electrons. The molecule has 3 nitrogen and oxygen atoms in total. The summed E-state index contributed by atoms with van der Waals surface area (Å²) in [7, 11) is 0. The number of ether oxygens (including phenoxy) is 1. The van der Waals surface area contributed by atoms with Gasteiger partial charge in [0, 0.05) is 5.41 Å². The lowest BCUT2D eigenvalue weighted by Gasteiger charge is -2.18. The molecule has 0 bridgehead atoms. The molecule has 0 rings (SSSR count). The molecular weight excluding hydrogens is 168 g/mol. The minimum atomic E-state index is -1.35. The van der Waals surface area contributed by atoms with Crippen LogP contribution in [0, 0.1) is 23.4 Å². The third kappa shape index (κ3) is 7.20. The van der Waals surface area contributed by atoms with E-state index in [2.05, 4.69) is 30.6 Å². The van der Waals surface area contributed by atoms with Crippen LogP contribution in [0.1, 0.15) is 34.1 Å². The quantitative estimate of drug-likeness (QED) is 0.530. The van der Waals surface area contributed by atoms with E-state index in [0.29, 0.717) is 5.92 Å². The van der Waals surface area contributed by atoms with E-state index in [1.807, 2.05) is 13.8 Å². The minimum absolute atomic E-state index is 0.191. The van der Waals surface area contributed by atoms with Crippen molar-refractivity contribution >= 4 is 6.16 Å². The van der Waals surface area contributed by atoms with Crippen molar-refractivity contribution in [3.8, 4) is 12.0 Å². The standard InChI is InChI=1S/C10H16O3/c1-8(2)7-10(3,4)5-6-13-9(11)12/h8H,7H2,1-4H3,(H,11,12). The predicted molar refractivity (Wildman–Crippen MR) is 50.1 cm³/mol. The Bertz CT molecular complexity index is 230. The first-order valence-corrected chi connectivity index (χ1v) is 4.25. The van der Waals surface area contributed by atoms with Gasteiger partial charge in [0.1, 0.15) is 6.11 Å². The van der Waals surface area contributed by atoms with Gasteiger partial charge in [-0.15, -0.1) is 0 Å². The van der Waals surface area contributed by atoms with E-state index >= 15 is 0 Å². The van der Waals surface area contributed by atoms with E-state index in [-0.39, 0.29) is 5.41 Å². The number of hydrogen-bond acceptors (Lipinski definition) is 2. The van der Waals surface area contributed by atoms with Crippen molar-refractivity contribution in [2.75, 3.05) is 0 Å². The lowest BCUT2D eigenvalue weighted by atomic mass is 9.85. The highest BCUT2D eigenvalue weighted by Crippen LogP contribution is 2.23. The Hall–Kier alpha value is -1.17. The number of rotatable bonds is 2. The van der Waals surface area contributed by atoms with Gasteiger partial charge in [-0.25, -0.2) is 4.79 Å². The highest BCUT2D eigenvalue weighted by atomic mass is 16.7. The average molecular weight is 184 g/mol. The highest BCUT2D eigenvalue weighted by Gasteiger charge is 2.16. The van der Waals surface area contributed by atoms with Gasteiger partial charge in [-0.1, -0.05) is 19.8 Å². The first-order valence-electron chi connectivity index (χ1n) is 4.25. The predicted octanol–water partition coefficient (Wildman–Crippen LogP) is 2.71. The lowest BCUT2D eigenvalue weighted by molar-refractivity contribution is 0.134. The Morgan fingerprint density at radius 3 is 2.46 bits per heavy atom. The Balaban J connectivity index is 4.12. The third-order valence-corrected chi connectivity index (χ3v) is 1.45. The van der Waals surface area contributed by atoms with E-state index in [1.165, 1.54) is 0 Å². The number of carboxylic acid groups (broad SMARTS) is 1. The number of hydrogen-bond donors (Lipinski definition) is 1. The fourth-order valence-corrected chi connectivity index (χ4v) is 1.28. The van der Waals surface area contributed by atoms with Gasteiger partial charge in [0.05, 0.1) is 0 Å². The zero-order valence-electron chi connectivity index (χ0n) is 8.55. The van der Waals surface area contributed by atoms with E-state index in [4.69, 9.17) is 5.11 Å². The Morgan fingerprint density at radius 1 is 1.54 bits per heavy atom. The second-order valence-corrected chi connectivity index (χ2v) is 4.08. The van der Waals surface area contributed by atoms with Crippen LogP contribution < -0.4 is 0 Å². The van der Waals surface area contributed by atoms with Crippen molar-refractivity contribution in [3.63, 3.8) is 0 Å². The SMILES string of the molecule is CC(C)CC(C)(C)C#COC(=O)O. The minimum Gasteiger partial charge on any atom is -0.449 e. The molecule has 3 heteroatoms. The molecule has 0 aliphatic carbocycles. The monoisotopic (exact) mass is 184 g/mol. The lowest BCUT2D eigenvalue weighted by Crippen LogP contribution is -2.11. The van der Waals surface area contributed by atoms with Gasteiger partial charge in [-0.05, 0) is 26.2 Å². The maximum absolute atomic E-state index is 9.98. The Kier molecular flexibility index (Phi) is 4.33. The molecule has 0 saturated heterocycles. The molecule has 0 amide bonds. The molecule has 0 spiro atoms. The Morgan fingerprint density at radius 2 is 2.08 bits per heavy atom. The maximum Gasteiger partial charge on any atom is 0.520 e. The fourth-order valence-electron chi connectivity index (χ4n) is 1.28. The van der Waals surface area contributed by atoms with Gasteiger partial charge in [-0.2, -0.15) is 0 Å². The second kappa shape index (κ2) is 4.76. The topological polar surface area (TPSA) is 46.5 Å². The first-order chi connectivity index (χ1) is 5.83. The third-order valence-electron chi connectivity index (χ3n) is 1.45. The molecule has 0 aromatic rings. The summed E-state index contributed by atoms with van der Waals surface area (Å²) >= 11 is 0. The van der Waals surface area contributed by atoms with Crippen molar-refractivity contribution in [2.24, 2.45) is 11.3 Å². The molecule has 0 heterocycles. The summed E-state index contributed by atoms with van der Waals surface area (Å²) in [5.74, 6) is 3.30. The van der Waals surface area contributed by atoms with Crippen LogP contribution in [0.2, 0.25) is 0 Å². The summed E-state index contributed by atoms with van der Waals surface area (Å²) in [6.07, 6.45) is 1.75. The maximum atomic E-state index is 9.98. The van der Waals surface area contributed by atoms with Gasteiger partial charge in [-0.3, -0.25) is 0 Å². The number of carbonyl (C=O) groups is 1. The fraction of sp³-hybridized carbons (Fsp3) is 0.700. The van der Waals surface area contributed by atoms with Gasteiger partial charge < -0.3 is 9.84 Å². The largest absolute Gasteiger partial charge is 0.520 e. The van der Waals surface area contributed by atoms with Crippen molar-refractivity contribution in [1.82, 2.24) is 0 Å². The molecule has 0 fully saturated rings. The normalized spacial score (nSPS) is 10.5. The van der Waals surface area contributed by atoms with Crippen LogP contribution in [-0.4, -0.2) is 11.3 Å². The molecule has 0 unspecified atom stereocenters. The van der Waals surface area contributed by atoms with Gasteiger partial charge in [0.15, 0.2) is 0 Å². The average Bonchev–Trinajstić information content (AvgIpc) is 1.81. The smallest absolute Gasteiger partial charge is 0.449 e. The summed E-state index contributed by atoms with van der Waals surface area (Å²) < 4.78 is 4.11. The van der Waals surface area contributed by atoms with Gasteiger partial charge >= 0.3 is 6.16 Å². The van der Waals surface area contributed by atoms with Crippen LogP contribution in [0.15, 0.2) is 0 Å². The van der Waals surface area contributed by atoms with Crippen LogP contribution in [0.3, 0.4) is 0 Å². The molecular formula is C10H16O3. The summed E-state index contributed by atoms with van der Waals surface area (Å²) in [5, 5.41) is 8.17. The second-order valence-electron chi connectivity index (χ2n) is 4.08. The summed E-state index contributed by atoms with van der Waals surface area (Å²) in [6.45, 7) is 8.12. The van der Waals surface area contributed by atoms with E-state index in [9.17, 15) is 4.79 Å².